The minimum absolute atomic E-state index is 0.162. The van der Waals surface area contributed by atoms with Crippen molar-refractivity contribution in [1.82, 2.24) is 10.6 Å². The minimum Gasteiger partial charge on any atom is -0.465 e. The molecule has 0 bridgehead atoms. The summed E-state index contributed by atoms with van der Waals surface area (Å²) in [5, 5.41) is 14.4. The van der Waals surface area contributed by atoms with Gasteiger partial charge in [-0.15, -0.1) is 0 Å². The standard InChI is InChI=1S/C27H26FN3O4/c1-31-23-12-5-4-10-21(23)20-9-2-3-11-22(20)25(26(31)33)30-24(32)16-19(29-27(34)35)14-13-17-7-6-8-18(28)15-17/h2-12,15,19,25,29H,13-14,16H2,1H3,(H,30,32)(H,34,35)/t19-,25?/m0/s1. The molecule has 3 amide bonds. The van der Waals surface area contributed by atoms with Gasteiger partial charge in [-0.1, -0.05) is 54.6 Å². The Morgan fingerprint density at radius 3 is 2.49 bits per heavy atom. The van der Waals surface area contributed by atoms with Crippen LogP contribution >= 0.6 is 0 Å². The number of anilines is 1. The second-order valence-electron chi connectivity index (χ2n) is 8.52. The van der Waals surface area contributed by atoms with E-state index in [9.17, 15) is 23.9 Å². The van der Waals surface area contributed by atoms with Gasteiger partial charge in [-0.3, -0.25) is 9.59 Å². The van der Waals surface area contributed by atoms with Crippen LogP contribution in [0, 0.1) is 5.82 Å². The fourth-order valence-electron chi connectivity index (χ4n) is 4.45. The van der Waals surface area contributed by atoms with Crippen LogP contribution in [0.3, 0.4) is 0 Å². The zero-order chi connectivity index (χ0) is 24.9. The summed E-state index contributed by atoms with van der Waals surface area (Å²) in [4.78, 5) is 39.3. The van der Waals surface area contributed by atoms with Gasteiger partial charge < -0.3 is 20.6 Å². The highest BCUT2D eigenvalue weighted by molar-refractivity contribution is 6.06. The van der Waals surface area contributed by atoms with Crippen molar-refractivity contribution in [1.29, 1.82) is 0 Å². The van der Waals surface area contributed by atoms with Gasteiger partial charge in [0.05, 0.1) is 5.69 Å². The van der Waals surface area contributed by atoms with Crippen molar-refractivity contribution in [2.24, 2.45) is 0 Å². The number of benzene rings is 3. The number of hydrogen-bond donors (Lipinski definition) is 3. The number of likely N-dealkylation sites (N-methyl/N-ethyl adjacent to an activating group) is 1. The summed E-state index contributed by atoms with van der Waals surface area (Å²) in [5.74, 6) is -1.13. The van der Waals surface area contributed by atoms with E-state index in [1.165, 1.54) is 17.0 Å². The van der Waals surface area contributed by atoms with E-state index in [0.717, 1.165) is 16.8 Å². The molecule has 0 fully saturated rings. The topological polar surface area (TPSA) is 98.7 Å². The number of hydrogen-bond acceptors (Lipinski definition) is 3. The average molecular weight is 476 g/mol. The number of rotatable bonds is 7. The summed E-state index contributed by atoms with van der Waals surface area (Å²) in [6.45, 7) is 0. The van der Waals surface area contributed by atoms with Crippen LogP contribution in [0.1, 0.15) is 30.0 Å². The molecule has 0 saturated heterocycles. The Balaban J connectivity index is 1.53. The maximum atomic E-state index is 13.5. The molecule has 1 unspecified atom stereocenters. The molecule has 7 nitrogen and oxygen atoms in total. The predicted molar refractivity (Wildman–Crippen MR) is 130 cm³/mol. The van der Waals surface area contributed by atoms with Crippen LogP contribution in [-0.2, 0) is 16.0 Å². The van der Waals surface area contributed by atoms with Crippen LogP contribution in [0.4, 0.5) is 14.9 Å². The van der Waals surface area contributed by atoms with E-state index in [0.29, 0.717) is 24.0 Å². The van der Waals surface area contributed by atoms with Crippen molar-refractivity contribution in [3.8, 4) is 11.1 Å². The third-order valence-electron chi connectivity index (χ3n) is 6.14. The fourth-order valence-corrected chi connectivity index (χ4v) is 4.45. The molecular weight excluding hydrogens is 449 g/mol. The third kappa shape index (κ3) is 5.48. The zero-order valence-electron chi connectivity index (χ0n) is 19.2. The fraction of sp³-hybridized carbons (Fsp3) is 0.222. The third-order valence-corrected chi connectivity index (χ3v) is 6.14. The summed E-state index contributed by atoms with van der Waals surface area (Å²) in [7, 11) is 1.67. The maximum absolute atomic E-state index is 13.5. The molecule has 35 heavy (non-hydrogen) atoms. The molecule has 0 aliphatic carbocycles. The Morgan fingerprint density at radius 1 is 1.03 bits per heavy atom. The molecule has 3 aromatic carbocycles. The summed E-state index contributed by atoms with van der Waals surface area (Å²) >= 11 is 0. The normalized spacial score (nSPS) is 15.4. The molecule has 0 spiro atoms. The van der Waals surface area contributed by atoms with E-state index in [2.05, 4.69) is 10.6 Å². The number of carbonyl (C=O) groups excluding carboxylic acids is 2. The van der Waals surface area contributed by atoms with E-state index in [-0.39, 0.29) is 18.1 Å². The van der Waals surface area contributed by atoms with Crippen LogP contribution in [0.2, 0.25) is 0 Å². The van der Waals surface area contributed by atoms with Crippen LogP contribution in [0.5, 0.6) is 0 Å². The van der Waals surface area contributed by atoms with Crippen molar-refractivity contribution in [3.05, 3.63) is 89.7 Å². The summed E-state index contributed by atoms with van der Waals surface area (Å²) in [6.07, 6.45) is -0.735. The molecule has 1 aliphatic heterocycles. The summed E-state index contributed by atoms with van der Waals surface area (Å²) in [5.41, 5.74) is 3.84. The first-order valence-corrected chi connectivity index (χ1v) is 11.3. The van der Waals surface area contributed by atoms with E-state index < -0.39 is 24.1 Å². The molecule has 3 aromatic rings. The SMILES string of the molecule is CN1C(=O)C(NC(=O)C[C@H](CCc2cccc(F)c2)NC(=O)O)c2ccccc2-c2ccccc21. The Bertz CT molecular complexity index is 1260. The summed E-state index contributed by atoms with van der Waals surface area (Å²) in [6, 6.07) is 19.4. The number of carbonyl (C=O) groups is 3. The van der Waals surface area contributed by atoms with Crippen LogP contribution in [-0.4, -0.2) is 36.1 Å². The van der Waals surface area contributed by atoms with Gasteiger partial charge >= 0.3 is 6.09 Å². The van der Waals surface area contributed by atoms with E-state index in [1.54, 1.807) is 19.2 Å². The number of nitrogens with zero attached hydrogens (tertiary/aromatic N) is 1. The molecule has 8 heteroatoms. The monoisotopic (exact) mass is 475 g/mol. The Morgan fingerprint density at radius 2 is 1.74 bits per heavy atom. The molecule has 4 rings (SSSR count). The second kappa shape index (κ2) is 10.4. The minimum atomic E-state index is -1.26. The molecule has 0 radical (unpaired) electrons. The lowest BCUT2D eigenvalue weighted by Gasteiger charge is -2.24. The summed E-state index contributed by atoms with van der Waals surface area (Å²) < 4.78 is 13.5. The van der Waals surface area contributed by atoms with Gasteiger partial charge in [-0.05, 0) is 47.7 Å². The van der Waals surface area contributed by atoms with E-state index >= 15 is 0 Å². The Labute approximate surface area is 202 Å². The largest absolute Gasteiger partial charge is 0.465 e. The predicted octanol–water partition coefficient (Wildman–Crippen LogP) is 4.29. The smallest absolute Gasteiger partial charge is 0.404 e. The molecule has 3 N–H and O–H groups in total. The quantitative estimate of drug-likeness (QED) is 0.475. The van der Waals surface area contributed by atoms with Gasteiger partial charge in [0, 0.05) is 25.1 Å². The molecule has 1 heterocycles. The Hall–Kier alpha value is -4.20. The lowest BCUT2D eigenvalue weighted by molar-refractivity contribution is -0.127. The maximum Gasteiger partial charge on any atom is 0.404 e. The number of para-hydroxylation sites is 1. The molecule has 2 atom stereocenters. The number of aryl methyl sites for hydroxylation is 1. The van der Waals surface area contributed by atoms with E-state index in [4.69, 9.17) is 0 Å². The first kappa shape index (κ1) is 23.9. The highest BCUT2D eigenvalue weighted by Crippen LogP contribution is 2.39. The van der Waals surface area contributed by atoms with Gasteiger partial charge in [0.1, 0.15) is 11.9 Å². The van der Waals surface area contributed by atoms with Crippen molar-refractivity contribution < 1.29 is 23.9 Å². The van der Waals surface area contributed by atoms with Gasteiger partial charge in [0.2, 0.25) is 5.91 Å². The molecule has 1 aliphatic rings. The molecule has 0 saturated carbocycles. The van der Waals surface area contributed by atoms with Gasteiger partial charge in [0.25, 0.3) is 5.91 Å². The van der Waals surface area contributed by atoms with E-state index in [1.807, 2.05) is 48.5 Å². The Kier molecular flexibility index (Phi) is 7.10. The van der Waals surface area contributed by atoms with Gasteiger partial charge in [0.15, 0.2) is 0 Å². The zero-order valence-corrected chi connectivity index (χ0v) is 19.2. The first-order chi connectivity index (χ1) is 16.8. The number of carboxylic acid groups (broad SMARTS) is 1. The van der Waals surface area contributed by atoms with Gasteiger partial charge in [-0.25, -0.2) is 9.18 Å². The molecule has 180 valence electrons. The number of nitrogens with one attached hydrogen (secondary N) is 2. The van der Waals surface area contributed by atoms with Crippen LogP contribution in [0.25, 0.3) is 11.1 Å². The van der Waals surface area contributed by atoms with Crippen molar-refractivity contribution in [3.63, 3.8) is 0 Å². The van der Waals surface area contributed by atoms with Crippen LogP contribution in [0.15, 0.2) is 72.8 Å². The first-order valence-electron chi connectivity index (χ1n) is 11.3. The van der Waals surface area contributed by atoms with Crippen LogP contribution < -0.4 is 15.5 Å². The number of amides is 3. The van der Waals surface area contributed by atoms with Crippen molar-refractivity contribution in [2.75, 3.05) is 11.9 Å². The number of halogens is 1. The van der Waals surface area contributed by atoms with Gasteiger partial charge in [-0.2, -0.15) is 0 Å². The van der Waals surface area contributed by atoms with Crippen molar-refractivity contribution >= 4 is 23.6 Å². The number of fused-ring (bicyclic) bond motifs is 3. The average Bonchev–Trinajstić information content (AvgIpc) is 2.92. The lowest BCUT2D eigenvalue weighted by atomic mass is 9.95. The molecular formula is C27H26FN3O4. The second-order valence-corrected chi connectivity index (χ2v) is 8.52. The highest BCUT2D eigenvalue weighted by Gasteiger charge is 2.33. The molecule has 0 aromatic heterocycles. The lowest BCUT2D eigenvalue weighted by Crippen LogP contribution is -2.44. The highest BCUT2D eigenvalue weighted by atomic mass is 19.1. The van der Waals surface area contributed by atoms with Crippen molar-refractivity contribution in [2.45, 2.75) is 31.3 Å².